The molecule has 0 saturated carbocycles. The first-order valence-corrected chi connectivity index (χ1v) is 7.36. The Morgan fingerprint density at radius 1 is 1.19 bits per heavy atom. The normalized spacial score (nSPS) is 15.2. The molecule has 0 spiro atoms. The number of hydrogen-bond donors (Lipinski definition) is 0. The van der Waals surface area contributed by atoms with Gasteiger partial charge < -0.3 is 9.47 Å². The van der Waals surface area contributed by atoms with Crippen LogP contribution in [0.4, 0.5) is 0 Å². The van der Waals surface area contributed by atoms with Crippen molar-refractivity contribution in [3.63, 3.8) is 0 Å². The maximum atomic E-state index is 9.11. The SMILES string of the molecule is COc1cc2c(cc1OC)CN(CCC(C)(C)C#N)CC2. The lowest BCUT2D eigenvalue weighted by Crippen LogP contribution is -2.33. The number of benzene rings is 1. The van der Waals surface area contributed by atoms with Gasteiger partial charge in [0.05, 0.1) is 25.7 Å². The quantitative estimate of drug-likeness (QED) is 0.835. The molecule has 0 fully saturated rings. The Balaban J connectivity index is 2.08. The summed E-state index contributed by atoms with van der Waals surface area (Å²) in [5, 5.41) is 9.11. The van der Waals surface area contributed by atoms with Crippen LogP contribution in [0, 0.1) is 16.7 Å². The molecule has 4 heteroatoms. The van der Waals surface area contributed by atoms with Crippen molar-refractivity contribution in [3.05, 3.63) is 23.3 Å². The zero-order valence-electron chi connectivity index (χ0n) is 13.4. The van der Waals surface area contributed by atoms with Crippen LogP contribution in [0.2, 0.25) is 0 Å². The zero-order valence-corrected chi connectivity index (χ0v) is 13.4. The summed E-state index contributed by atoms with van der Waals surface area (Å²) in [7, 11) is 3.34. The molecule has 0 N–H and O–H groups in total. The van der Waals surface area contributed by atoms with Gasteiger partial charge in [-0.25, -0.2) is 0 Å². The summed E-state index contributed by atoms with van der Waals surface area (Å²) >= 11 is 0. The number of fused-ring (bicyclic) bond motifs is 1. The van der Waals surface area contributed by atoms with Crippen LogP contribution < -0.4 is 9.47 Å². The Labute approximate surface area is 127 Å². The lowest BCUT2D eigenvalue weighted by molar-refractivity contribution is 0.224. The van der Waals surface area contributed by atoms with Crippen molar-refractivity contribution >= 4 is 0 Å². The van der Waals surface area contributed by atoms with Crippen LogP contribution in [0.5, 0.6) is 11.5 Å². The highest BCUT2D eigenvalue weighted by Crippen LogP contribution is 2.33. The number of methoxy groups -OCH3 is 2. The van der Waals surface area contributed by atoms with Crippen LogP contribution in [0.25, 0.3) is 0 Å². The lowest BCUT2D eigenvalue weighted by Gasteiger charge is -2.31. The van der Waals surface area contributed by atoms with E-state index in [1.807, 2.05) is 13.8 Å². The van der Waals surface area contributed by atoms with Crippen molar-refractivity contribution in [1.82, 2.24) is 4.90 Å². The third-order valence-corrected chi connectivity index (χ3v) is 4.15. The van der Waals surface area contributed by atoms with Crippen molar-refractivity contribution in [3.8, 4) is 17.6 Å². The summed E-state index contributed by atoms with van der Waals surface area (Å²) < 4.78 is 10.7. The molecule has 0 aromatic heterocycles. The lowest BCUT2D eigenvalue weighted by atomic mass is 9.90. The van der Waals surface area contributed by atoms with E-state index < -0.39 is 0 Å². The average molecular weight is 288 g/mol. The highest BCUT2D eigenvalue weighted by Gasteiger charge is 2.22. The molecule has 1 heterocycles. The Kier molecular flexibility index (Phi) is 4.74. The average Bonchev–Trinajstić information content (AvgIpc) is 2.51. The van der Waals surface area contributed by atoms with Gasteiger partial charge in [-0.3, -0.25) is 4.90 Å². The molecule has 0 amide bonds. The maximum Gasteiger partial charge on any atom is 0.161 e. The monoisotopic (exact) mass is 288 g/mol. The van der Waals surface area contributed by atoms with Crippen molar-refractivity contribution in [2.75, 3.05) is 27.3 Å². The Morgan fingerprint density at radius 3 is 2.38 bits per heavy atom. The van der Waals surface area contributed by atoms with Crippen molar-refractivity contribution < 1.29 is 9.47 Å². The molecular formula is C17H24N2O2. The molecule has 114 valence electrons. The van der Waals surface area contributed by atoms with Gasteiger partial charge >= 0.3 is 0 Å². The number of ether oxygens (including phenoxy) is 2. The van der Waals surface area contributed by atoms with E-state index in [0.29, 0.717) is 0 Å². The van der Waals surface area contributed by atoms with E-state index in [9.17, 15) is 0 Å². The highest BCUT2D eigenvalue weighted by atomic mass is 16.5. The Bertz CT molecular complexity index is 546. The molecule has 1 aliphatic rings. The number of rotatable bonds is 5. The van der Waals surface area contributed by atoms with Gasteiger partial charge in [0.25, 0.3) is 0 Å². The van der Waals surface area contributed by atoms with Crippen molar-refractivity contribution in [2.45, 2.75) is 33.2 Å². The fraction of sp³-hybridized carbons (Fsp3) is 0.588. The van der Waals surface area contributed by atoms with Gasteiger partial charge in [-0.15, -0.1) is 0 Å². The zero-order chi connectivity index (χ0) is 15.5. The van der Waals surface area contributed by atoms with E-state index in [0.717, 1.165) is 44.0 Å². The minimum absolute atomic E-state index is 0.252. The molecule has 21 heavy (non-hydrogen) atoms. The second-order valence-electron chi connectivity index (χ2n) is 6.25. The van der Waals surface area contributed by atoms with E-state index in [1.54, 1.807) is 14.2 Å². The third kappa shape index (κ3) is 3.68. The van der Waals surface area contributed by atoms with Gasteiger partial charge in [-0.2, -0.15) is 5.26 Å². The van der Waals surface area contributed by atoms with Crippen molar-refractivity contribution in [1.29, 1.82) is 5.26 Å². The first-order chi connectivity index (χ1) is 9.99. The summed E-state index contributed by atoms with van der Waals surface area (Å²) in [5.41, 5.74) is 2.38. The second-order valence-corrected chi connectivity index (χ2v) is 6.25. The molecule has 0 saturated heterocycles. The predicted molar refractivity (Wildman–Crippen MR) is 82.5 cm³/mol. The smallest absolute Gasteiger partial charge is 0.161 e. The molecule has 2 rings (SSSR count). The summed E-state index contributed by atoms with van der Waals surface area (Å²) in [4.78, 5) is 2.41. The first kappa shape index (κ1) is 15.7. The molecule has 1 aromatic rings. The standard InChI is InChI=1S/C17H24N2O2/c1-17(2,12-18)6-8-19-7-5-13-9-15(20-3)16(21-4)10-14(13)11-19/h9-10H,5-8,11H2,1-4H3. The summed E-state index contributed by atoms with van der Waals surface area (Å²) in [6, 6.07) is 6.54. The van der Waals surface area contributed by atoms with Crippen LogP contribution >= 0.6 is 0 Å². The van der Waals surface area contributed by atoms with Crippen molar-refractivity contribution in [2.24, 2.45) is 5.41 Å². The molecule has 0 unspecified atom stereocenters. The minimum Gasteiger partial charge on any atom is -0.493 e. The number of nitrogens with zero attached hydrogens (tertiary/aromatic N) is 2. The first-order valence-electron chi connectivity index (χ1n) is 7.36. The van der Waals surface area contributed by atoms with E-state index in [4.69, 9.17) is 14.7 Å². The topological polar surface area (TPSA) is 45.5 Å². The molecule has 0 bridgehead atoms. The summed E-state index contributed by atoms with van der Waals surface area (Å²) in [5.74, 6) is 1.59. The fourth-order valence-electron chi connectivity index (χ4n) is 2.63. The summed E-state index contributed by atoms with van der Waals surface area (Å²) in [6.07, 6.45) is 1.91. The second kappa shape index (κ2) is 6.36. The van der Waals surface area contributed by atoms with Crippen LogP contribution in [0.3, 0.4) is 0 Å². The van der Waals surface area contributed by atoms with Crippen LogP contribution in [0.15, 0.2) is 12.1 Å². The largest absolute Gasteiger partial charge is 0.493 e. The molecule has 4 nitrogen and oxygen atoms in total. The van der Waals surface area contributed by atoms with Crippen LogP contribution in [-0.4, -0.2) is 32.2 Å². The molecular weight excluding hydrogens is 264 g/mol. The van der Waals surface area contributed by atoms with Gasteiger partial charge in [0.1, 0.15) is 0 Å². The van der Waals surface area contributed by atoms with Crippen LogP contribution in [0.1, 0.15) is 31.4 Å². The fourth-order valence-corrected chi connectivity index (χ4v) is 2.63. The van der Waals surface area contributed by atoms with Gasteiger partial charge in [0.2, 0.25) is 0 Å². The minimum atomic E-state index is -0.252. The molecule has 1 aliphatic heterocycles. The van der Waals surface area contributed by atoms with Gasteiger partial charge in [-0.05, 0) is 56.5 Å². The van der Waals surface area contributed by atoms with E-state index in [1.165, 1.54) is 11.1 Å². The Hall–Kier alpha value is -1.73. The van der Waals surface area contributed by atoms with Crippen LogP contribution in [-0.2, 0) is 13.0 Å². The Morgan fingerprint density at radius 2 is 1.81 bits per heavy atom. The third-order valence-electron chi connectivity index (χ3n) is 4.15. The van der Waals surface area contributed by atoms with Gasteiger partial charge in [0.15, 0.2) is 11.5 Å². The maximum absolute atomic E-state index is 9.11. The van der Waals surface area contributed by atoms with E-state index >= 15 is 0 Å². The molecule has 0 radical (unpaired) electrons. The molecule has 1 aromatic carbocycles. The number of nitriles is 1. The van der Waals surface area contributed by atoms with E-state index in [2.05, 4.69) is 23.1 Å². The highest BCUT2D eigenvalue weighted by molar-refractivity contribution is 5.48. The predicted octanol–water partition coefficient (Wildman–Crippen LogP) is 3.00. The molecule has 0 aliphatic carbocycles. The van der Waals surface area contributed by atoms with E-state index in [-0.39, 0.29) is 5.41 Å². The van der Waals surface area contributed by atoms with Gasteiger partial charge in [0, 0.05) is 13.1 Å². The molecule has 0 atom stereocenters. The summed E-state index contributed by atoms with van der Waals surface area (Å²) in [6.45, 7) is 6.90. The number of hydrogen-bond acceptors (Lipinski definition) is 4. The van der Waals surface area contributed by atoms with Gasteiger partial charge in [-0.1, -0.05) is 0 Å².